The van der Waals surface area contributed by atoms with E-state index < -0.39 is 10.2 Å². The van der Waals surface area contributed by atoms with Crippen molar-refractivity contribution in [3.8, 4) is 0 Å². The fourth-order valence-electron chi connectivity index (χ4n) is 2.94. The number of rotatable bonds is 6. The van der Waals surface area contributed by atoms with Gasteiger partial charge in [-0.3, -0.25) is 4.79 Å². The zero-order chi connectivity index (χ0) is 18.6. The van der Waals surface area contributed by atoms with Gasteiger partial charge in [0.15, 0.2) is 5.76 Å². The maximum absolute atomic E-state index is 12.4. The monoisotopic (exact) mass is 377 g/mol. The first-order valence-electron chi connectivity index (χ1n) is 8.62. The molecule has 1 aliphatic heterocycles. The molecule has 1 saturated heterocycles. The van der Waals surface area contributed by atoms with Crippen LogP contribution in [0.1, 0.15) is 35.9 Å². The Morgan fingerprint density at radius 2 is 2.04 bits per heavy atom. The van der Waals surface area contributed by atoms with Gasteiger partial charge in [-0.05, 0) is 48.6 Å². The molecule has 1 aromatic carbocycles. The van der Waals surface area contributed by atoms with Crippen molar-refractivity contribution in [1.82, 2.24) is 9.03 Å². The zero-order valence-corrected chi connectivity index (χ0v) is 15.5. The van der Waals surface area contributed by atoms with Crippen molar-refractivity contribution in [3.05, 3.63) is 54.0 Å². The second-order valence-electron chi connectivity index (χ2n) is 6.56. The van der Waals surface area contributed by atoms with Gasteiger partial charge in [-0.2, -0.15) is 17.4 Å². The minimum absolute atomic E-state index is 0.208. The van der Waals surface area contributed by atoms with Crippen molar-refractivity contribution in [2.45, 2.75) is 26.3 Å². The lowest BCUT2D eigenvalue weighted by Gasteiger charge is -2.30. The Morgan fingerprint density at radius 3 is 2.69 bits per heavy atom. The zero-order valence-electron chi connectivity index (χ0n) is 14.6. The standard InChI is InChI=1S/C18H23N3O4S/c1-14-4-2-10-21(13-14)26(23,24)19-12-15-6-8-16(9-7-15)20-18(22)17-5-3-11-25-17/h3,5-9,11,14,19H,2,4,10,12-13H2,1H3,(H,20,22). The van der Waals surface area contributed by atoms with E-state index in [0.717, 1.165) is 18.4 Å². The third-order valence-corrected chi connectivity index (χ3v) is 5.90. The Hall–Kier alpha value is -2.16. The second kappa shape index (κ2) is 8.03. The van der Waals surface area contributed by atoms with Crippen LogP contribution < -0.4 is 10.0 Å². The van der Waals surface area contributed by atoms with Crippen LogP contribution in [0, 0.1) is 5.92 Å². The summed E-state index contributed by atoms with van der Waals surface area (Å²) >= 11 is 0. The van der Waals surface area contributed by atoms with Gasteiger partial charge < -0.3 is 9.73 Å². The Kier molecular flexibility index (Phi) is 5.75. The molecule has 1 amide bonds. The number of nitrogens with zero attached hydrogens (tertiary/aromatic N) is 1. The SMILES string of the molecule is CC1CCCN(S(=O)(=O)NCc2ccc(NC(=O)c3ccco3)cc2)C1. The third kappa shape index (κ3) is 4.72. The van der Waals surface area contributed by atoms with Crippen LogP contribution in [0.4, 0.5) is 5.69 Å². The van der Waals surface area contributed by atoms with Crippen LogP contribution >= 0.6 is 0 Å². The van der Waals surface area contributed by atoms with Gasteiger partial charge in [0.2, 0.25) is 0 Å². The number of benzene rings is 1. The Labute approximate surface area is 153 Å². The van der Waals surface area contributed by atoms with E-state index in [1.807, 2.05) is 0 Å². The van der Waals surface area contributed by atoms with E-state index in [-0.39, 0.29) is 18.2 Å². The maximum Gasteiger partial charge on any atom is 0.291 e. The molecular weight excluding hydrogens is 354 g/mol. The number of piperidine rings is 1. The molecule has 2 heterocycles. The summed E-state index contributed by atoms with van der Waals surface area (Å²) in [7, 11) is -3.47. The highest BCUT2D eigenvalue weighted by molar-refractivity contribution is 7.87. The van der Waals surface area contributed by atoms with E-state index in [0.29, 0.717) is 24.7 Å². The van der Waals surface area contributed by atoms with Crippen molar-refractivity contribution in [3.63, 3.8) is 0 Å². The van der Waals surface area contributed by atoms with Crippen LogP contribution in [0.2, 0.25) is 0 Å². The topological polar surface area (TPSA) is 91.7 Å². The first-order chi connectivity index (χ1) is 12.4. The van der Waals surface area contributed by atoms with Crippen molar-refractivity contribution in [1.29, 1.82) is 0 Å². The van der Waals surface area contributed by atoms with Crippen molar-refractivity contribution in [2.75, 3.05) is 18.4 Å². The van der Waals surface area contributed by atoms with Gasteiger partial charge in [-0.15, -0.1) is 0 Å². The van der Waals surface area contributed by atoms with Crippen LogP contribution in [0.3, 0.4) is 0 Å². The number of amides is 1. The maximum atomic E-state index is 12.4. The van der Waals surface area contributed by atoms with E-state index >= 15 is 0 Å². The lowest BCUT2D eigenvalue weighted by atomic mass is 10.0. The summed E-state index contributed by atoms with van der Waals surface area (Å²) in [6.45, 7) is 3.40. The summed E-state index contributed by atoms with van der Waals surface area (Å²) in [6.07, 6.45) is 3.40. The van der Waals surface area contributed by atoms with Crippen LogP contribution in [0.25, 0.3) is 0 Å². The quantitative estimate of drug-likeness (QED) is 0.809. The van der Waals surface area contributed by atoms with E-state index in [4.69, 9.17) is 4.42 Å². The van der Waals surface area contributed by atoms with Crippen molar-refractivity contribution >= 4 is 21.8 Å². The molecule has 1 aliphatic rings. The molecule has 2 N–H and O–H groups in total. The number of hydrogen-bond donors (Lipinski definition) is 2. The molecule has 1 fully saturated rings. The number of carbonyl (C=O) groups is 1. The number of furan rings is 1. The molecule has 0 aliphatic carbocycles. The van der Waals surface area contributed by atoms with Gasteiger partial charge in [-0.1, -0.05) is 19.1 Å². The molecule has 26 heavy (non-hydrogen) atoms. The summed E-state index contributed by atoms with van der Waals surface area (Å²) in [4.78, 5) is 11.9. The molecule has 140 valence electrons. The Morgan fingerprint density at radius 1 is 1.27 bits per heavy atom. The largest absolute Gasteiger partial charge is 0.459 e. The van der Waals surface area contributed by atoms with E-state index in [1.165, 1.54) is 10.6 Å². The predicted molar refractivity (Wildman–Crippen MR) is 98.8 cm³/mol. The van der Waals surface area contributed by atoms with Gasteiger partial charge in [0.25, 0.3) is 16.1 Å². The van der Waals surface area contributed by atoms with Gasteiger partial charge in [-0.25, -0.2) is 0 Å². The fraction of sp³-hybridized carbons (Fsp3) is 0.389. The summed E-state index contributed by atoms with van der Waals surface area (Å²) in [5.74, 6) is 0.289. The van der Waals surface area contributed by atoms with Crippen molar-refractivity contribution in [2.24, 2.45) is 5.92 Å². The number of nitrogens with one attached hydrogen (secondary N) is 2. The Balaban J connectivity index is 1.55. The number of anilines is 1. The van der Waals surface area contributed by atoms with Crippen molar-refractivity contribution < 1.29 is 17.6 Å². The summed E-state index contributed by atoms with van der Waals surface area (Å²) in [5.41, 5.74) is 1.43. The third-order valence-electron chi connectivity index (χ3n) is 4.38. The Bertz CT molecular complexity index is 832. The molecule has 8 heteroatoms. The summed E-state index contributed by atoms with van der Waals surface area (Å²) in [6, 6.07) is 10.2. The van der Waals surface area contributed by atoms with Crippen LogP contribution in [0.15, 0.2) is 47.1 Å². The second-order valence-corrected chi connectivity index (χ2v) is 8.32. The van der Waals surface area contributed by atoms with E-state index in [1.54, 1.807) is 36.4 Å². The molecule has 0 bridgehead atoms. The molecule has 0 radical (unpaired) electrons. The molecule has 1 unspecified atom stereocenters. The molecular formula is C18H23N3O4S. The average molecular weight is 377 g/mol. The lowest BCUT2D eigenvalue weighted by molar-refractivity contribution is 0.0996. The highest BCUT2D eigenvalue weighted by Gasteiger charge is 2.26. The normalized spacial score (nSPS) is 18.6. The average Bonchev–Trinajstić information content (AvgIpc) is 3.16. The molecule has 3 rings (SSSR count). The number of carbonyl (C=O) groups excluding carboxylic acids is 1. The van der Waals surface area contributed by atoms with E-state index in [2.05, 4.69) is 17.0 Å². The lowest BCUT2D eigenvalue weighted by Crippen LogP contribution is -2.45. The molecule has 1 aromatic heterocycles. The molecule has 0 saturated carbocycles. The molecule has 7 nitrogen and oxygen atoms in total. The minimum atomic E-state index is -3.47. The van der Waals surface area contributed by atoms with E-state index in [9.17, 15) is 13.2 Å². The molecule has 2 aromatic rings. The highest BCUT2D eigenvalue weighted by atomic mass is 32.2. The van der Waals surface area contributed by atoms with Crippen LogP contribution in [-0.2, 0) is 16.8 Å². The van der Waals surface area contributed by atoms with Crippen LogP contribution in [0.5, 0.6) is 0 Å². The van der Waals surface area contributed by atoms with Gasteiger partial charge in [0, 0.05) is 25.3 Å². The predicted octanol–water partition coefficient (Wildman–Crippen LogP) is 2.60. The summed E-state index contributed by atoms with van der Waals surface area (Å²) in [5, 5.41) is 2.72. The summed E-state index contributed by atoms with van der Waals surface area (Å²) < 4.78 is 34.0. The first kappa shape index (κ1) is 18.6. The minimum Gasteiger partial charge on any atom is -0.459 e. The smallest absolute Gasteiger partial charge is 0.291 e. The van der Waals surface area contributed by atoms with Gasteiger partial charge >= 0.3 is 0 Å². The van der Waals surface area contributed by atoms with Crippen LogP contribution in [-0.4, -0.2) is 31.7 Å². The molecule has 0 spiro atoms. The molecule has 1 atom stereocenters. The first-order valence-corrected chi connectivity index (χ1v) is 10.1. The fourth-order valence-corrected chi connectivity index (χ4v) is 4.29. The van der Waals surface area contributed by atoms with Gasteiger partial charge in [0.05, 0.1) is 6.26 Å². The van der Waals surface area contributed by atoms with Gasteiger partial charge in [0.1, 0.15) is 0 Å². The highest BCUT2D eigenvalue weighted by Crippen LogP contribution is 2.18. The number of hydrogen-bond acceptors (Lipinski definition) is 4.